The second-order valence-electron chi connectivity index (χ2n) is 7.11. The van der Waals surface area contributed by atoms with E-state index in [2.05, 4.69) is 29.1 Å². The SMILES string of the molecule is CC1CN(C)CCN1CC(NC1CC1)(C(N)=O)C1CC1. The zero-order valence-corrected chi connectivity index (χ0v) is 12.8. The van der Waals surface area contributed by atoms with Gasteiger partial charge in [-0.1, -0.05) is 0 Å². The first-order valence-corrected chi connectivity index (χ1v) is 8.01. The fraction of sp³-hybridized carbons (Fsp3) is 0.933. The molecule has 3 rings (SSSR count). The van der Waals surface area contributed by atoms with E-state index in [1.165, 1.54) is 12.8 Å². The molecular formula is C15H28N4O. The van der Waals surface area contributed by atoms with Gasteiger partial charge in [0, 0.05) is 38.3 Å². The number of hydrogen-bond acceptors (Lipinski definition) is 4. The monoisotopic (exact) mass is 280 g/mol. The molecular weight excluding hydrogens is 252 g/mol. The van der Waals surface area contributed by atoms with Gasteiger partial charge in [0.15, 0.2) is 0 Å². The summed E-state index contributed by atoms with van der Waals surface area (Å²) in [5, 5.41) is 3.62. The molecule has 0 aromatic rings. The van der Waals surface area contributed by atoms with Crippen LogP contribution < -0.4 is 11.1 Å². The summed E-state index contributed by atoms with van der Waals surface area (Å²) >= 11 is 0. The Morgan fingerprint density at radius 2 is 2.00 bits per heavy atom. The number of carbonyl (C=O) groups is 1. The van der Waals surface area contributed by atoms with Gasteiger partial charge in [0.25, 0.3) is 0 Å². The van der Waals surface area contributed by atoms with E-state index < -0.39 is 5.54 Å². The predicted molar refractivity (Wildman–Crippen MR) is 79.3 cm³/mol. The number of nitrogens with two attached hydrogens (primary N) is 1. The maximum absolute atomic E-state index is 12.2. The third-order valence-electron chi connectivity index (χ3n) is 5.17. The first kappa shape index (κ1) is 14.3. The normalized spacial score (nSPS) is 32.0. The van der Waals surface area contributed by atoms with Crippen molar-refractivity contribution in [3.63, 3.8) is 0 Å². The second kappa shape index (κ2) is 5.28. The molecule has 2 unspecified atom stereocenters. The standard InChI is InChI=1S/C15H28N4O/c1-11-9-18(2)7-8-19(11)10-15(14(16)20,12-3-4-12)17-13-5-6-13/h11-13,17H,3-10H2,1-2H3,(H2,16,20). The van der Waals surface area contributed by atoms with Crippen LogP contribution in [0.4, 0.5) is 0 Å². The third-order valence-corrected chi connectivity index (χ3v) is 5.17. The van der Waals surface area contributed by atoms with E-state index in [1.54, 1.807) is 0 Å². The summed E-state index contributed by atoms with van der Waals surface area (Å²) in [6.07, 6.45) is 4.68. The number of piperazine rings is 1. The summed E-state index contributed by atoms with van der Waals surface area (Å²) in [5.74, 6) is 0.311. The Morgan fingerprint density at radius 3 is 2.50 bits per heavy atom. The zero-order chi connectivity index (χ0) is 14.3. The predicted octanol–water partition coefficient (Wildman–Crippen LogP) is 0.00840. The Hall–Kier alpha value is -0.650. The van der Waals surface area contributed by atoms with Gasteiger partial charge in [-0.15, -0.1) is 0 Å². The van der Waals surface area contributed by atoms with E-state index in [9.17, 15) is 4.79 Å². The Balaban J connectivity index is 1.73. The molecule has 1 heterocycles. The van der Waals surface area contributed by atoms with Gasteiger partial charge in [-0.3, -0.25) is 15.0 Å². The highest BCUT2D eigenvalue weighted by atomic mass is 16.1. The van der Waals surface area contributed by atoms with Crippen molar-refractivity contribution >= 4 is 5.91 Å². The highest BCUT2D eigenvalue weighted by Gasteiger charge is 2.53. The molecule has 1 saturated heterocycles. The summed E-state index contributed by atoms with van der Waals surface area (Å²) < 4.78 is 0. The highest BCUT2D eigenvalue weighted by molar-refractivity contribution is 5.86. The molecule has 2 saturated carbocycles. The van der Waals surface area contributed by atoms with Crippen molar-refractivity contribution in [2.75, 3.05) is 33.2 Å². The number of primary amides is 1. The molecule has 0 spiro atoms. The minimum absolute atomic E-state index is 0.141. The Bertz CT molecular complexity index is 380. The zero-order valence-electron chi connectivity index (χ0n) is 12.8. The molecule has 3 fully saturated rings. The smallest absolute Gasteiger partial charge is 0.239 e. The number of nitrogens with one attached hydrogen (secondary N) is 1. The average molecular weight is 280 g/mol. The molecule has 5 nitrogen and oxygen atoms in total. The number of likely N-dealkylation sites (N-methyl/N-ethyl adjacent to an activating group) is 1. The van der Waals surface area contributed by atoms with Gasteiger partial charge in [0.05, 0.1) is 0 Å². The second-order valence-corrected chi connectivity index (χ2v) is 7.11. The van der Waals surface area contributed by atoms with Crippen LogP contribution in [0.3, 0.4) is 0 Å². The molecule has 1 amide bonds. The molecule has 0 aromatic heterocycles. The largest absolute Gasteiger partial charge is 0.368 e. The number of hydrogen-bond donors (Lipinski definition) is 2. The lowest BCUT2D eigenvalue weighted by Gasteiger charge is -2.44. The molecule has 3 aliphatic rings. The van der Waals surface area contributed by atoms with Crippen LogP contribution in [0.1, 0.15) is 32.6 Å². The van der Waals surface area contributed by atoms with Gasteiger partial charge >= 0.3 is 0 Å². The molecule has 2 atom stereocenters. The fourth-order valence-electron chi connectivity index (χ4n) is 3.54. The van der Waals surface area contributed by atoms with Crippen molar-refractivity contribution in [3.05, 3.63) is 0 Å². The number of nitrogens with zero attached hydrogens (tertiary/aromatic N) is 2. The van der Waals surface area contributed by atoms with Crippen LogP contribution in [0.15, 0.2) is 0 Å². The Morgan fingerprint density at radius 1 is 1.30 bits per heavy atom. The number of rotatable bonds is 6. The summed E-state index contributed by atoms with van der Waals surface area (Å²) in [6.45, 7) is 6.23. The van der Waals surface area contributed by atoms with Crippen molar-refractivity contribution in [2.24, 2.45) is 11.7 Å². The third kappa shape index (κ3) is 2.85. The van der Waals surface area contributed by atoms with Crippen LogP contribution >= 0.6 is 0 Å². The minimum Gasteiger partial charge on any atom is -0.368 e. The molecule has 0 aromatic carbocycles. The first-order valence-electron chi connectivity index (χ1n) is 8.01. The van der Waals surface area contributed by atoms with Gasteiger partial charge < -0.3 is 10.6 Å². The summed E-state index contributed by atoms with van der Waals surface area (Å²) in [7, 11) is 2.17. The molecule has 2 aliphatic carbocycles. The van der Waals surface area contributed by atoms with Gasteiger partial charge in [0.2, 0.25) is 5.91 Å². The quantitative estimate of drug-likeness (QED) is 0.719. The van der Waals surface area contributed by atoms with E-state index in [-0.39, 0.29) is 5.91 Å². The fourth-order valence-corrected chi connectivity index (χ4v) is 3.54. The maximum atomic E-state index is 12.2. The van der Waals surface area contributed by atoms with Crippen LogP contribution in [-0.2, 0) is 4.79 Å². The van der Waals surface area contributed by atoms with Crippen LogP contribution in [0.25, 0.3) is 0 Å². The van der Waals surface area contributed by atoms with Crippen LogP contribution in [0.5, 0.6) is 0 Å². The number of carbonyl (C=O) groups excluding carboxylic acids is 1. The van der Waals surface area contributed by atoms with Gasteiger partial charge in [-0.05, 0) is 45.6 Å². The molecule has 0 bridgehead atoms. The summed E-state index contributed by atoms with van der Waals surface area (Å²) in [5.41, 5.74) is 5.36. The Kier molecular flexibility index (Phi) is 3.77. The van der Waals surface area contributed by atoms with Crippen molar-refractivity contribution in [2.45, 2.75) is 50.2 Å². The van der Waals surface area contributed by atoms with Crippen molar-refractivity contribution < 1.29 is 4.79 Å². The topological polar surface area (TPSA) is 61.6 Å². The lowest BCUT2D eigenvalue weighted by molar-refractivity contribution is -0.127. The van der Waals surface area contributed by atoms with E-state index in [0.717, 1.165) is 39.0 Å². The van der Waals surface area contributed by atoms with E-state index >= 15 is 0 Å². The lowest BCUT2D eigenvalue weighted by Crippen LogP contribution is -2.66. The van der Waals surface area contributed by atoms with Crippen LogP contribution in [0.2, 0.25) is 0 Å². The molecule has 0 radical (unpaired) electrons. The van der Waals surface area contributed by atoms with Crippen LogP contribution in [-0.4, -0.2) is 66.6 Å². The van der Waals surface area contributed by atoms with Gasteiger partial charge in [-0.2, -0.15) is 0 Å². The van der Waals surface area contributed by atoms with Crippen molar-refractivity contribution in [1.29, 1.82) is 0 Å². The van der Waals surface area contributed by atoms with Gasteiger partial charge in [-0.25, -0.2) is 0 Å². The molecule has 3 N–H and O–H groups in total. The first-order chi connectivity index (χ1) is 9.51. The average Bonchev–Trinajstić information content (AvgIpc) is 3.25. The minimum atomic E-state index is -0.481. The van der Waals surface area contributed by atoms with Crippen molar-refractivity contribution in [3.8, 4) is 0 Å². The van der Waals surface area contributed by atoms with E-state index in [4.69, 9.17) is 5.73 Å². The lowest BCUT2D eigenvalue weighted by atomic mass is 9.90. The summed E-state index contributed by atoms with van der Waals surface area (Å²) in [4.78, 5) is 17.0. The van der Waals surface area contributed by atoms with Gasteiger partial charge in [0.1, 0.15) is 5.54 Å². The number of amides is 1. The maximum Gasteiger partial charge on any atom is 0.239 e. The van der Waals surface area contributed by atoms with E-state index in [1.807, 2.05) is 0 Å². The molecule has 5 heteroatoms. The van der Waals surface area contributed by atoms with Crippen LogP contribution in [0, 0.1) is 5.92 Å². The van der Waals surface area contributed by atoms with E-state index in [0.29, 0.717) is 18.0 Å². The molecule has 1 aliphatic heterocycles. The molecule has 20 heavy (non-hydrogen) atoms. The van der Waals surface area contributed by atoms with Crippen molar-refractivity contribution in [1.82, 2.24) is 15.1 Å². The molecule has 114 valence electrons. The highest BCUT2D eigenvalue weighted by Crippen LogP contribution is 2.42. The summed E-state index contributed by atoms with van der Waals surface area (Å²) in [6, 6.07) is 1.01. The Labute approximate surface area is 121 Å².